The SMILES string of the molecule is COc1ccc2nc(CC3CCCS3(=O)=O)cn2c1. The van der Waals surface area contributed by atoms with Gasteiger partial charge in [0.1, 0.15) is 11.4 Å². The van der Waals surface area contributed by atoms with Gasteiger partial charge in [0.2, 0.25) is 0 Å². The molecule has 0 aliphatic carbocycles. The van der Waals surface area contributed by atoms with Crippen LogP contribution in [0.15, 0.2) is 24.5 Å². The van der Waals surface area contributed by atoms with Crippen molar-refractivity contribution >= 4 is 15.5 Å². The van der Waals surface area contributed by atoms with Crippen LogP contribution in [0.3, 0.4) is 0 Å². The Balaban J connectivity index is 1.89. The number of hydrogen-bond acceptors (Lipinski definition) is 4. The van der Waals surface area contributed by atoms with E-state index >= 15 is 0 Å². The first kappa shape index (κ1) is 12.5. The molecule has 2 aromatic heterocycles. The van der Waals surface area contributed by atoms with Crippen LogP contribution < -0.4 is 4.74 Å². The van der Waals surface area contributed by atoms with Gasteiger partial charge in [-0.05, 0) is 25.0 Å². The summed E-state index contributed by atoms with van der Waals surface area (Å²) in [6, 6.07) is 3.71. The predicted molar refractivity (Wildman–Crippen MR) is 72.3 cm³/mol. The summed E-state index contributed by atoms with van der Waals surface area (Å²) in [5.74, 6) is 1.07. The number of methoxy groups -OCH3 is 1. The topological polar surface area (TPSA) is 60.7 Å². The predicted octanol–water partition coefficient (Wildman–Crippen LogP) is 1.46. The second-order valence-corrected chi connectivity index (χ2v) is 7.30. The maximum Gasteiger partial charge on any atom is 0.153 e. The van der Waals surface area contributed by atoms with E-state index in [0.717, 1.165) is 29.9 Å². The van der Waals surface area contributed by atoms with Crippen molar-refractivity contribution in [3.05, 3.63) is 30.2 Å². The number of aromatic nitrogens is 2. The zero-order valence-corrected chi connectivity index (χ0v) is 11.6. The summed E-state index contributed by atoms with van der Waals surface area (Å²) in [5.41, 5.74) is 1.63. The first-order chi connectivity index (χ1) is 9.08. The van der Waals surface area contributed by atoms with E-state index in [-0.39, 0.29) is 5.25 Å². The zero-order chi connectivity index (χ0) is 13.5. The van der Waals surface area contributed by atoms with Crippen LogP contribution in [0.4, 0.5) is 0 Å². The van der Waals surface area contributed by atoms with Crippen LogP contribution in [0.2, 0.25) is 0 Å². The maximum absolute atomic E-state index is 11.8. The lowest BCUT2D eigenvalue weighted by molar-refractivity contribution is 0.412. The van der Waals surface area contributed by atoms with Gasteiger partial charge < -0.3 is 9.14 Å². The molecular formula is C13H16N2O3S. The quantitative estimate of drug-likeness (QED) is 0.854. The van der Waals surface area contributed by atoms with Crippen molar-refractivity contribution in [1.82, 2.24) is 9.38 Å². The summed E-state index contributed by atoms with van der Waals surface area (Å²) in [5, 5.41) is -0.265. The molecule has 0 amide bonds. The second-order valence-electron chi connectivity index (χ2n) is 4.90. The molecular weight excluding hydrogens is 264 g/mol. The fourth-order valence-electron chi connectivity index (χ4n) is 2.56. The van der Waals surface area contributed by atoms with Crippen molar-refractivity contribution in [1.29, 1.82) is 0 Å². The smallest absolute Gasteiger partial charge is 0.153 e. The van der Waals surface area contributed by atoms with Crippen LogP contribution in [0.25, 0.3) is 5.65 Å². The summed E-state index contributed by atoms with van der Waals surface area (Å²) in [6.45, 7) is 0. The third-order valence-corrected chi connectivity index (χ3v) is 5.88. The van der Waals surface area contributed by atoms with Gasteiger partial charge in [0.25, 0.3) is 0 Å². The van der Waals surface area contributed by atoms with Crippen LogP contribution in [0.1, 0.15) is 18.5 Å². The van der Waals surface area contributed by atoms with Crippen molar-refractivity contribution in [2.24, 2.45) is 0 Å². The third-order valence-electron chi connectivity index (χ3n) is 3.61. The molecule has 1 aliphatic heterocycles. The molecule has 0 saturated carbocycles. The maximum atomic E-state index is 11.8. The van der Waals surface area contributed by atoms with E-state index in [0.29, 0.717) is 12.2 Å². The largest absolute Gasteiger partial charge is 0.495 e. The van der Waals surface area contributed by atoms with Crippen molar-refractivity contribution in [3.63, 3.8) is 0 Å². The monoisotopic (exact) mass is 280 g/mol. The minimum absolute atomic E-state index is 0.265. The van der Waals surface area contributed by atoms with Crippen LogP contribution in [0.5, 0.6) is 5.75 Å². The fourth-order valence-corrected chi connectivity index (χ4v) is 4.42. The van der Waals surface area contributed by atoms with Crippen molar-refractivity contribution < 1.29 is 13.2 Å². The van der Waals surface area contributed by atoms with Crippen LogP contribution in [-0.4, -0.2) is 35.9 Å². The average Bonchev–Trinajstić information content (AvgIpc) is 2.92. The molecule has 0 spiro atoms. The summed E-state index contributed by atoms with van der Waals surface area (Å²) in [7, 11) is -1.29. The molecule has 3 heterocycles. The molecule has 19 heavy (non-hydrogen) atoms. The van der Waals surface area contributed by atoms with Crippen molar-refractivity contribution in [2.75, 3.05) is 12.9 Å². The van der Waals surface area contributed by atoms with Gasteiger partial charge >= 0.3 is 0 Å². The minimum atomic E-state index is -2.91. The Morgan fingerprint density at radius 1 is 1.42 bits per heavy atom. The number of hydrogen-bond donors (Lipinski definition) is 0. The van der Waals surface area contributed by atoms with E-state index in [1.54, 1.807) is 7.11 Å². The van der Waals surface area contributed by atoms with Crippen molar-refractivity contribution in [2.45, 2.75) is 24.5 Å². The summed E-state index contributed by atoms with van der Waals surface area (Å²) < 4.78 is 30.7. The number of fused-ring (bicyclic) bond motifs is 1. The van der Waals surface area contributed by atoms with Gasteiger partial charge in [0.15, 0.2) is 9.84 Å². The number of pyridine rings is 1. The number of sulfone groups is 1. The molecule has 1 unspecified atom stereocenters. The molecule has 2 aromatic rings. The van der Waals surface area contributed by atoms with E-state index in [1.165, 1.54) is 0 Å². The lowest BCUT2D eigenvalue weighted by Gasteiger charge is -2.05. The Hall–Kier alpha value is -1.56. The molecule has 0 aromatic carbocycles. The molecule has 0 radical (unpaired) electrons. The molecule has 5 nitrogen and oxygen atoms in total. The molecule has 0 bridgehead atoms. The normalized spacial score (nSPS) is 21.8. The highest BCUT2D eigenvalue weighted by Crippen LogP contribution is 2.24. The average molecular weight is 280 g/mol. The van der Waals surface area contributed by atoms with E-state index < -0.39 is 9.84 Å². The lowest BCUT2D eigenvalue weighted by Crippen LogP contribution is -2.18. The Kier molecular flexibility index (Phi) is 2.97. The van der Waals surface area contributed by atoms with Crippen LogP contribution in [0, 0.1) is 0 Å². The van der Waals surface area contributed by atoms with E-state index in [1.807, 2.05) is 28.9 Å². The Morgan fingerprint density at radius 2 is 2.26 bits per heavy atom. The van der Waals surface area contributed by atoms with E-state index in [9.17, 15) is 8.42 Å². The number of nitrogens with zero attached hydrogens (tertiary/aromatic N) is 2. The van der Waals surface area contributed by atoms with Crippen LogP contribution in [-0.2, 0) is 16.3 Å². The van der Waals surface area contributed by atoms with Gasteiger partial charge in [-0.25, -0.2) is 13.4 Å². The molecule has 1 aliphatic rings. The number of rotatable bonds is 3. The molecule has 1 fully saturated rings. The Labute approximate surface area is 112 Å². The van der Waals surface area contributed by atoms with Crippen molar-refractivity contribution in [3.8, 4) is 5.75 Å². The standard InChI is InChI=1S/C13H16N2O3S/c1-18-11-4-5-13-14-10(8-15(13)9-11)7-12-3-2-6-19(12,16)17/h4-5,8-9,12H,2-3,6-7H2,1H3. The highest BCUT2D eigenvalue weighted by Gasteiger charge is 2.31. The molecule has 0 N–H and O–H groups in total. The molecule has 1 saturated heterocycles. The van der Waals surface area contributed by atoms with Gasteiger partial charge in [-0.3, -0.25) is 0 Å². The number of ether oxygens (including phenoxy) is 1. The van der Waals surface area contributed by atoms with Gasteiger partial charge in [-0.2, -0.15) is 0 Å². The number of imidazole rings is 1. The molecule has 6 heteroatoms. The third kappa shape index (κ3) is 2.32. The summed E-state index contributed by atoms with van der Waals surface area (Å²) in [4.78, 5) is 4.46. The Morgan fingerprint density at radius 3 is 2.95 bits per heavy atom. The molecule has 3 rings (SSSR count). The summed E-state index contributed by atoms with van der Waals surface area (Å²) in [6.07, 6.45) is 5.75. The fraction of sp³-hybridized carbons (Fsp3) is 0.462. The van der Waals surface area contributed by atoms with Gasteiger partial charge in [0, 0.05) is 12.6 Å². The molecule has 102 valence electrons. The summed E-state index contributed by atoms with van der Waals surface area (Å²) >= 11 is 0. The highest BCUT2D eigenvalue weighted by molar-refractivity contribution is 7.92. The first-order valence-corrected chi connectivity index (χ1v) is 8.03. The van der Waals surface area contributed by atoms with Gasteiger partial charge in [0.05, 0.1) is 30.0 Å². The Bertz CT molecular complexity index is 706. The van der Waals surface area contributed by atoms with Crippen LogP contribution >= 0.6 is 0 Å². The minimum Gasteiger partial charge on any atom is -0.495 e. The van der Waals surface area contributed by atoms with Gasteiger partial charge in [-0.15, -0.1) is 0 Å². The first-order valence-electron chi connectivity index (χ1n) is 6.32. The van der Waals surface area contributed by atoms with E-state index in [4.69, 9.17) is 4.74 Å². The van der Waals surface area contributed by atoms with E-state index in [2.05, 4.69) is 4.98 Å². The second kappa shape index (κ2) is 4.52. The lowest BCUT2D eigenvalue weighted by atomic mass is 10.2. The van der Waals surface area contributed by atoms with Gasteiger partial charge in [-0.1, -0.05) is 0 Å². The highest BCUT2D eigenvalue weighted by atomic mass is 32.2. The molecule has 1 atom stereocenters. The zero-order valence-electron chi connectivity index (χ0n) is 10.7.